The van der Waals surface area contributed by atoms with Crippen molar-refractivity contribution in [3.63, 3.8) is 0 Å². The van der Waals surface area contributed by atoms with Gasteiger partial charge in [-0.2, -0.15) is 0 Å². The predicted molar refractivity (Wildman–Crippen MR) is 54.3 cm³/mol. The van der Waals surface area contributed by atoms with Crippen LogP contribution in [-0.4, -0.2) is 17.7 Å². The fourth-order valence-electron chi connectivity index (χ4n) is 1.98. The molecule has 2 nitrogen and oxygen atoms in total. The van der Waals surface area contributed by atoms with Gasteiger partial charge in [0.2, 0.25) is 0 Å². The largest absolute Gasteiger partial charge is 0.506 e. The molecule has 1 aliphatic heterocycles. The lowest BCUT2D eigenvalue weighted by Crippen LogP contribution is -2.28. The third-order valence-corrected chi connectivity index (χ3v) is 2.63. The molecule has 0 fully saturated rings. The summed E-state index contributed by atoms with van der Waals surface area (Å²) in [6.45, 7) is 5.34. The number of fused-ring (bicyclic) bond motifs is 1. The first-order valence-electron chi connectivity index (χ1n) is 4.77. The molecule has 0 aliphatic carbocycles. The first kappa shape index (κ1) is 8.42. The summed E-state index contributed by atoms with van der Waals surface area (Å²) in [6, 6.07) is 6.24. The van der Waals surface area contributed by atoms with Crippen molar-refractivity contribution in [1.82, 2.24) is 0 Å². The summed E-state index contributed by atoms with van der Waals surface area (Å²) in [5.41, 5.74) is 2.31. The molecule has 0 amide bonds. The van der Waals surface area contributed by atoms with Crippen LogP contribution in [-0.2, 0) is 6.42 Å². The van der Waals surface area contributed by atoms with Crippen LogP contribution in [0.1, 0.15) is 19.4 Å². The maximum atomic E-state index is 9.71. The van der Waals surface area contributed by atoms with Crippen LogP contribution in [0.4, 0.5) is 5.69 Å². The molecule has 0 saturated carbocycles. The number of phenolic OH excluding ortho intramolecular Hbond substituents is 1. The van der Waals surface area contributed by atoms with Crippen LogP contribution >= 0.6 is 0 Å². The number of anilines is 1. The van der Waals surface area contributed by atoms with Crippen molar-refractivity contribution in [2.45, 2.75) is 26.3 Å². The molecule has 13 heavy (non-hydrogen) atoms. The van der Waals surface area contributed by atoms with E-state index in [-0.39, 0.29) is 0 Å². The zero-order valence-electron chi connectivity index (χ0n) is 8.12. The highest BCUT2D eigenvalue weighted by Crippen LogP contribution is 2.37. The topological polar surface area (TPSA) is 23.5 Å². The minimum atomic E-state index is 0.420. The third kappa shape index (κ3) is 1.26. The quantitative estimate of drug-likeness (QED) is 0.710. The maximum Gasteiger partial charge on any atom is 0.139 e. The highest BCUT2D eigenvalue weighted by Gasteiger charge is 2.23. The Morgan fingerprint density at radius 3 is 2.85 bits per heavy atom. The van der Waals surface area contributed by atoms with E-state index in [1.807, 2.05) is 6.07 Å². The Labute approximate surface area is 78.8 Å². The standard InChI is InChI=1S/C11H15NO/c1-8(2)12-7-6-9-4-3-5-10(13)11(9)12/h3-5,8,13H,6-7H2,1-2H3. The molecule has 0 atom stereocenters. The van der Waals surface area contributed by atoms with Crippen molar-refractivity contribution in [2.24, 2.45) is 0 Å². The van der Waals surface area contributed by atoms with Crippen LogP contribution in [0.3, 0.4) is 0 Å². The van der Waals surface area contributed by atoms with Crippen molar-refractivity contribution in [1.29, 1.82) is 0 Å². The van der Waals surface area contributed by atoms with Gasteiger partial charge in [-0.15, -0.1) is 0 Å². The molecule has 0 aromatic heterocycles. The number of nitrogens with zero attached hydrogens (tertiary/aromatic N) is 1. The van der Waals surface area contributed by atoms with Crippen molar-refractivity contribution in [3.8, 4) is 5.75 Å². The summed E-state index contributed by atoms with van der Waals surface area (Å²) in [7, 11) is 0. The molecule has 2 heteroatoms. The first-order chi connectivity index (χ1) is 6.20. The van der Waals surface area contributed by atoms with E-state index >= 15 is 0 Å². The second-order valence-corrected chi connectivity index (χ2v) is 3.82. The van der Waals surface area contributed by atoms with Gasteiger partial charge in [-0.05, 0) is 31.9 Å². The minimum Gasteiger partial charge on any atom is -0.506 e. The zero-order chi connectivity index (χ0) is 9.42. The monoisotopic (exact) mass is 177 g/mol. The summed E-state index contributed by atoms with van der Waals surface area (Å²) in [4.78, 5) is 2.25. The van der Waals surface area contributed by atoms with Crippen molar-refractivity contribution >= 4 is 5.69 Å². The molecule has 70 valence electrons. The smallest absolute Gasteiger partial charge is 0.139 e. The molecular formula is C11H15NO. The molecule has 1 aromatic rings. The van der Waals surface area contributed by atoms with Crippen LogP contribution in [0, 0.1) is 0 Å². The minimum absolute atomic E-state index is 0.420. The first-order valence-corrected chi connectivity index (χ1v) is 4.77. The second-order valence-electron chi connectivity index (χ2n) is 3.82. The molecule has 0 spiro atoms. The van der Waals surface area contributed by atoms with E-state index in [4.69, 9.17) is 0 Å². The Kier molecular flexibility index (Phi) is 1.91. The number of hydrogen-bond donors (Lipinski definition) is 1. The highest BCUT2D eigenvalue weighted by atomic mass is 16.3. The molecule has 0 radical (unpaired) electrons. The van der Waals surface area contributed by atoms with Gasteiger partial charge in [0, 0.05) is 12.6 Å². The van der Waals surface area contributed by atoms with Crippen molar-refractivity contribution in [2.75, 3.05) is 11.4 Å². The van der Waals surface area contributed by atoms with E-state index in [1.165, 1.54) is 5.56 Å². The molecule has 1 aromatic carbocycles. The summed E-state index contributed by atoms with van der Waals surface area (Å²) in [5.74, 6) is 0.420. The Morgan fingerprint density at radius 2 is 2.15 bits per heavy atom. The number of para-hydroxylation sites is 1. The number of rotatable bonds is 1. The second kappa shape index (κ2) is 2.95. The number of phenols is 1. The van der Waals surface area contributed by atoms with E-state index in [1.54, 1.807) is 6.07 Å². The summed E-state index contributed by atoms with van der Waals surface area (Å²) < 4.78 is 0. The van der Waals surface area contributed by atoms with E-state index in [0.29, 0.717) is 11.8 Å². The normalized spacial score (nSPS) is 15.2. The summed E-state index contributed by atoms with van der Waals surface area (Å²) in [5, 5.41) is 9.71. The highest BCUT2D eigenvalue weighted by molar-refractivity contribution is 5.66. The van der Waals surface area contributed by atoms with Crippen LogP contribution in [0.25, 0.3) is 0 Å². The van der Waals surface area contributed by atoms with Gasteiger partial charge in [0.1, 0.15) is 5.75 Å². The van der Waals surface area contributed by atoms with Gasteiger partial charge in [0.25, 0.3) is 0 Å². The lowest BCUT2D eigenvalue weighted by atomic mass is 10.1. The number of hydrogen-bond acceptors (Lipinski definition) is 2. The van der Waals surface area contributed by atoms with E-state index in [0.717, 1.165) is 18.7 Å². The number of benzene rings is 1. The van der Waals surface area contributed by atoms with E-state index in [2.05, 4.69) is 24.8 Å². The van der Waals surface area contributed by atoms with Crippen LogP contribution in [0.5, 0.6) is 5.75 Å². The molecule has 0 saturated heterocycles. The van der Waals surface area contributed by atoms with Crippen molar-refractivity contribution < 1.29 is 5.11 Å². The molecule has 0 bridgehead atoms. The van der Waals surface area contributed by atoms with Gasteiger partial charge >= 0.3 is 0 Å². The van der Waals surface area contributed by atoms with Crippen LogP contribution < -0.4 is 4.90 Å². The molecule has 1 heterocycles. The Hall–Kier alpha value is -1.18. The van der Waals surface area contributed by atoms with Gasteiger partial charge in [0.05, 0.1) is 5.69 Å². The van der Waals surface area contributed by atoms with Gasteiger partial charge in [-0.3, -0.25) is 0 Å². The zero-order valence-corrected chi connectivity index (χ0v) is 8.12. The van der Waals surface area contributed by atoms with Crippen molar-refractivity contribution in [3.05, 3.63) is 23.8 Å². The van der Waals surface area contributed by atoms with E-state index in [9.17, 15) is 5.11 Å². The fourth-order valence-corrected chi connectivity index (χ4v) is 1.98. The Balaban J connectivity index is 2.46. The summed E-state index contributed by atoms with van der Waals surface area (Å²) in [6.07, 6.45) is 1.06. The molecule has 0 unspecified atom stereocenters. The van der Waals surface area contributed by atoms with Gasteiger partial charge in [0.15, 0.2) is 0 Å². The van der Waals surface area contributed by atoms with Gasteiger partial charge in [-0.1, -0.05) is 12.1 Å². The molecule has 1 N–H and O–H groups in total. The van der Waals surface area contributed by atoms with E-state index < -0.39 is 0 Å². The fraction of sp³-hybridized carbons (Fsp3) is 0.455. The summed E-state index contributed by atoms with van der Waals surface area (Å²) >= 11 is 0. The predicted octanol–water partition coefficient (Wildman–Crippen LogP) is 2.16. The average Bonchev–Trinajstić information content (AvgIpc) is 2.49. The lowest BCUT2D eigenvalue weighted by molar-refractivity contribution is 0.473. The Bertz CT molecular complexity index is 320. The number of aromatic hydroxyl groups is 1. The average molecular weight is 177 g/mol. The third-order valence-electron chi connectivity index (χ3n) is 2.63. The maximum absolute atomic E-state index is 9.71. The van der Waals surface area contributed by atoms with Gasteiger partial charge < -0.3 is 10.0 Å². The molecule has 2 rings (SSSR count). The van der Waals surface area contributed by atoms with Crippen LogP contribution in [0.15, 0.2) is 18.2 Å². The SMILES string of the molecule is CC(C)N1CCc2cccc(O)c21. The van der Waals surface area contributed by atoms with Gasteiger partial charge in [-0.25, -0.2) is 0 Å². The molecule has 1 aliphatic rings. The van der Waals surface area contributed by atoms with Crippen LogP contribution in [0.2, 0.25) is 0 Å². The Morgan fingerprint density at radius 1 is 1.38 bits per heavy atom. The lowest BCUT2D eigenvalue weighted by Gasteiger charge is -2.24. The molecular weight excluding hydrogens is 162 g/mol.